The average molecular weight is 341 g/mol. The molecule has 0 amide bonds. The normalized spacial score (nSPS) is 11.3. The highest BCUT2D eigenvalue weighted by Crippen LogP contribution is 2.29. The molecule has 2 aromatic heterocycles. The Morgan fingerprint density at radius 1 is 1.14 bits per heavy atom. The minimum absolute atomic E-state index is 0.750. The summed E-state index contributed by atoms with van der Waals surface area (Å²) >= 11 is 3.51. The van der Waals surface area contributed by atoms with Crippen LogP contribution in [0, 0.1) is 6.92 Å². The fourth-order valence-electron chi connectivity index (χ4n) is 2.56. The van der Waals surface area contributed by atoms with Crippen LogP contribution in [0.2, 0.25) is 0 Å². The Morgan fingerprint density at radius 3 is 2.90 bits per heavy atom. The van der Waals surface area contributed by atoms with E-state index in [4.69, 9.17) is 0 Å². The number of hydrogen-bond donors (Lipinski definition) is 3. The van der Waals surface area contributed by atoms with Gasteiger partial charge in [0.05, 0.1) is 16.7 Å². The number of rotatable bonds is 2. The summed E-state index contributed by atoms with van der Waals surface area (Å²) in [6.07, 6.45) is 1.96. The predicted molar refractivity (Wildman–Crippen MR) is 90.1 cm³/mol. The van der Waals surface area contributed by atoms with Gasteiger partial charge >= 0.3 is 0 Å². The van der Waals surface area contributed by atoms with E-state index in [0.717, 1.165) is 38.0 Å². The van der Waals surface area contributed by atoms with Crippen LogP contribution >= 0.6 is 15.9 Å². The van der Waals surface area contributed by atoms with Crippen LogP contribution in [0.4, 0.5) is 11.6 Å². The van der Waals surface area contributed by atoms with Gasteiger partial charge in [-0.05, 0) is 36.8 Å². The Hall–Kier alpha value is -2.27. The fraction of sp³-hybridized carbons (Fsp3) is 0.0625. The second-order valence-corrected chi connectivity index (χ2v) is 5.99. The van der Waals surface area contributed by atoms with Crippen molar-refractivity contribution in [2.45, 2.75) is 6.92 Å². The van der Waals surface area contributed by atoms with Gasteiger partial charge in [0.1, 0.15) is 0 Å². The maximum absolute atomic E-state index is 4.62. The SMILES string of the molecule is Cc1cccc2[nH]c(Nc3c[nH]c4ccc(Br)cc34)nc12. The molecule has 21 heavy (non-hydrogen) atoms. The summed E-state index contributed by atoms with van der Waals surface area (Å²) in [6.45, 7) is 2.07. The van der Waals surface area contributed by atoms with E-state index in [-0.39, 0.29) is 0 Å². The first-order chi connectivity index (χ1) is 10.2. The largest absolute Gasteiger partial charge is 0.359 e. The Balaban J connectivity index is 1.79. The van der Waals surface area contributed by atoms with E-state index in [9.17, 15) is 0 Å². The lowest BCUT2D eigenvalue weighted by Gasteiger charge is -2.00. The van der Waals surface area contributed by atoms with Crippen molar-refractivity contribution >= 4 is 49.5 Å². The van der Waals surface area contributed by atoms with Crippen LogP contribution < -0.4 is 5.32 Å². The molecule has 5 heteroatoms. The number of benzene rings is 2. The molecule has 0 atom stereocenters. The first-order valence-corrected chi connectivity index (χ1v) is 7.49. The molecule has 0 bridgehead atoms. The van der Waals surface area contributed by atoms with Crippen LogP contribution in [0.3, 0.4) is 0 Å². The average Bonchev–Trinajstić information content (AvgIpc) is 3.04. The molecule has 0 saturated heterocycles. The lowest BCUT2D eigenvalue weighted by molar-refractivity contribution is 1.31. The van der Waals surface area contributed by atoms with E-state index in [1.54, 1.807) is 0 Å². The Morgan fingerprint density at radius 2 is 2.05 bits per heavy atom. The van der Waals surface area contributed by atoms with E-state index < -0.39 is 0 Å². The number of para-hydroxylation sites is 1. The van der Waals surface area contributed by atoms with Crippen LogP contribution in [0.1, 0.15) is 5.56 Å². The molecule has 0 fully saturated rings. The standard InChI is InChI=1S/C16H13BrN4/c1-9-3-2-4-13-15(9)21-16(19-13)20-14-8-18-12-6-5-10(17)7-11(12)14/h2-8,18H,1H3,(H2,19,20,21). The van der Waals surface area contributed by atoms with Crippen LogP contribution in [0.25, 0.3) is 21.9 Å². The highest BCUT2D eigenvalue weighted by molar-refractivity contribution is 9.10. The van der Waals surface area contributed by atoms with Crippen molar-refractivity contribution in [2.24, 2.45) is 0 Å². The number of fused-ring (bicyclic) bond motifs is 2. The van der Waals surface area contributed by atoms with E-state index in [1.807, 2.05) is 30.5 Å². The van der Waals surface area contributed by atoms with Crippen LogP contribution in [-0.2, 0) is 0 Å². The van der Waals surface area contributed by atoms with Crippen molar-refractivity contribution < 1.29 is 0 Å². The summed E-state index contributed by atoms with van der Waals surface area (Å²) in [4.78, 5) is 11.2. The topological polar surface area (TPSA) is 56.5 Å². The van der Waals surface area contributed by atoms with Gasteiger partial charge in [0.15, 0.2) is 0 Å². The fourth-order valence-corrected chi connectivity index (χ4v) is 2.92. The smallest absolute Gasteiger partial charge is 0.205 e. The van der Waals surface area contributed by atoms with E-state index in [2.05, 4.69) is 55.3 Å². The number of aromatic amines is 2. The zero-order valence-electron chi connectivity index (χ0n) is 11.4. The van der Waals surface area contributed by atoms with Crippen molar-refractivity contribution in [2.75, 3.05) is 5.32 Å². The number of halogens is 1. The number of aryl methyl sites for hydroxylation is 1. The molecule has 0 aliphatic carbocycles. The van der Waals surface area contributed by atoms with Gasteiger partial charge in [-0.3, -0.25) is 0 Å². The van der Waals surface area contributed by atoms with Crippen molar-refractivity contribution in [1.29, 1.82) is 0 Å². The van der Waals surface area contributed by atoms with Crippen molar-refractivity contribution in [1.82, 2.24) is 15.0 Å². The minimum Gasteiger partial charge on any atom is -0.359 e. The van der Waals surface area contributed by atoms with Crippen molar-refractivity contribution in [3.63, 3.8) is 0 Å². The number of H-pyrrole nitrogens is 2. The third-order valence-electron chi connectivity index (χ3n) is 3.61. The molecule has 4 rings (SSSR count). The van der Waals surface area contributed by atoms with Gasteiger partial charge in [0, 0.05) is 21.6 Å². The van der Waals surface area contributed by atoms with Gasteiger partial charge in [0.25, 0.3) is 0 Å². The quantitative estimate of drug-likeness (QED) is 0.488. The molecule has 2 aromatic carbocycles. The summed E-state index contributed by atoms with van der Waals surface area (Å²) in [5, 5.41) is 4.48. The van der Waals surface area contributed by atoms with Gasteiger partial charge in [-0.1, -0.05) is 28.1 Å². The second-order valence-electron chi connectivity index (χ2n) is 5.07. The molecular weight excluding hydrogens is 328 g/mol. The number of anilines is 2. The molecule has 0 radical (unpaired) electrons. The predicted octanol–water partition coefficient (Wildman–Crippen LogP) is 4.86. The van der Waals surface area contributed by atoms with Gasteiger partial charge in [0.2, 0.25) is 5.95 Å². The second kappa shape index (κ2) is 4.63. The number of aromatic nitrogens is 3. The molecule has 0 unspecified atom stereocenters. The highest BCUT2D eigenvalue weighted by Gasteiger charge is 2.08. The highest BCUT2D eigenvalue weighted by atomic mass is 79.9. The third kappa shape index (κ3) is 2.10. The van der Waals surface area contributed by atoms with Crippen molar-refractivity contribution in [3.8, 4) is 0 Å². The zero-order valence-corrected chi connectivity index (χ0v) is 13.0. The Labute approximate surface area is 129 Å². The van der Waals surface area contributed by atoms with Gasteiger partial charge in [-0.15, -0.1) is 0 Å². The minimum atomic E-state index is 0.750. The molecule has 3 N–H and O–H groups in total. The van der Waals surface area contributed by atoms with E-state index in [0.29, 0.717) is 0 Å². The summed E-state index contributed by atoms with van der Waals surface area (Å²) in [5.74, 6) is 0.750. The zero-order chi connectivity index (χ0) is 14.4. The molecule has 104 valence electrons. The number of imidazole rings is 1. The summed E-state index contributed by atoms with van der Waals surface area (Å²) in [5.41, 5.74) is 5.30. The molecule has 0 spiro atoms. The molecule has 0 aliphatic rings. The third-order valence-corrected chi connectivity index (χ3v) is 4.10. The summed E-state index contributed by atoms with van der Waals surface area (Å²) in [7, 11) is 0. The molecule has 0 aliphatic heterocycles. The number of hydrogen-bond acceptors (Lipinski definition) is 2. The summed E-state index contributed by atoms with van der Waals surface area (Å²) in [6, 6.07) is 12.3. The molecule has 4 aromatic rings. The van der Waals surface area contributed by atoms with Gasteiger partial charge in [-0.25, -0.2) is 4.98 Å². The van der Waals surface area contributed by atoms with Crippen LogP contribution in [0.5, 0.6) is 0 Å². The lowest BCUT2D eigenvalue weighted by Crippen LogP contribution is -1.90. The molecular formula is C16H13BrN4. The lowest BCUT2D eigenvalue weighted by atomic mass is 10.2. The molecule has 2 heterocycles. The Bertz CT molecular complexity index is 951. The maximum Gasteiger partial charge on any atom is 0.205 e. The molecule has 0 saturated carbocycles. The van der Waals surface area contributed by atoms with Crippen LogP contribution in [-0.4, -0.2) is 15.0 Å². The number of nitrogens with zero attached hydrogens (tertiary/aromatic N) is 1. The van der Waals surface area contributed by atoms with Crippen molar-refractivity contribution in [3.05, 3.63) is 52.6 Å². The Kier molecular flexibility index (Phi) is 2.75. The first-order valence-electron chi connectivity index (χ1n) is 6.70. The van der Waals surface area contributed by atoms with E-state index >= 15 is 0 Å². The van der Waals surface area contributed by atoms with Gasteiger partial charge in [-0.2, -0.15) is 0 Å². The van der Waals surface area contributed by atoms with E-state index in [1.165, 1.54) is 5.56 Å². The summed E-state index contributed by atoms with van der Waals surface area (Å²) < 4.78 is 1.05. The van der Waals surface area contributed by atoms with Gasteiger partial charge < -0.3 is 15.3 Å². The number of nitrogens with one attached hydrogen (secondary N) is 3. The monoisotopic (exact) mass is 340 g/mol. The first kappa shape index (κ1) is 12.5. The maximum atomic E-state index is 4.62. The van der Waals surface area contributed by atoms with Crippen LogP contribution in [0.15, 0.2) is 47.1 Å². The molecule has 4 nitrogen and oxygen atoms in total.